The van der Waals surface area contributed by atoms with Gasteiger partial charge in [-0.25, -0.2) is 4.98 Å². The summed E-state index contributed by atoms with van der Waals surface area (Å²) in [5.74, 6) is 0.240. The van der Waals surface area contributed by atoms with E-state index in [4.69, 9.17) is 4.98 Å². The normalized spacial score (nSPS) is 11.2. The fourth-order valence-corrected chi connectivity index (χ4v) is 5.83. The molecule has 6 heteroatoms. The standard InChI is InChI=1S/C25H24N2O2S2/c1-4-9-21-17(3)22-23(31-21)26-25(30-15-20(28)18-11-6-5-7-12-18)27(24(22)29)19-13-8-10-16(2)14-19/h5-8,10-14H,4,9,15H2,1-3H3. The molecule has 0 saturated heterocycles. The van der Waals surface area contributed by atoms with Gasteiger partial charge in [0.25, 0.3) is 5.56 Å². The maximum Gasteiger partial charge on any atom is 0.267 e. The number of aromatic nitrogens is 2. The maximum absolute atomic E-state index is 13.6. The molecule has 0 aliphatic heterocycles. The highest BCUT2D eigenvalue weighted by Gasteiger charge is 2.20. The number of rotatable bonds is 7. The van der Waals surface area contributed by atoms with Gasteiger partial charge in [0.15, 0.2) is 10.9 Å². The molecule has 2 aromatic carbocycles. The molecule has 0 saturated carbocycles. The minimum Gasteiger partial charge on any atom is -0.293 e. The van der Waals surface area contributed by atoms with Crippen molar-refractivity contribution in [3.05, 3.63) is 86.5 Å². The van der Waals surface area contributed by atoms with Crippen LogP contribution in [0.25, 0.3) is 15.9 Å². The van der Waals surface area contributed by atoms with E-state index in [2.05, 4.69) is 6.92 Å². The van der Waals surface area contributed by atoms with Crippen molar-refractivity contribution in [1.29, 1.82) is 0 Å². The molecule has 4 nitrogen and oxygen atoms in total. The van der Waals surface area contributed by atoms with Crippen molar-refractivity contribution in [3.8, 4) is 5.69 Å². The van der Waals surface area contributed by atoms with Gasteiger partial charge >= 0.3 is 0 Å². The average molecular weight is 449 g/mol. The molecule has 2 aromatic heterocycles. The largest absolute Gasteiger partial charge is 0.293 e. The monoisotopic (exact) mass is 448 g/mol. The molecule has 0 spiro atoms. The van der Waals surface area contributed by atoms with Crippen LogP contribution in [0, 0.1) is 13.8 Å². The number of benzene rings is 2. The molecule has 0 bridgehead atoms. The highest BCUT2D eigenvalue weighted by Crippen LogP contribution is 2.31. The van der Waals surface area contributed by atoms with E-state index >= 15 is 0 Å². The van der Waals surface area contributed by atoms with Gasteiger partial charge in [0.2, 0.25) is 0 Å². The second-order valence-electron chi connectivity index (χ2n) is 7.53. The summed E-state index contributed by atoms with van der Waals surface area (Å²) in [7, 11) is 0. The van der Waals surface area contributed by atoms with Crippen molar-refractivity contribution >= 4 is 39.1 Å². The minimum absolute atomic E-state index is 0.0183. The maximum atomic E-state index is 13.6. The van der Waals surface area contributed by atoms with E-state index in [0.717, 1.165) is 34.5 Å². The summed E-state index contributed by atoms with van der Waals surface area (Å²) in [6.07, 6.45) is 1.96. The number of thioether (sulfide) groups is 1. The van der Waals surface area contributed by atoms with Crippen molar-refractivity contribution in [1.82, 2.24) is 9.55 Å². The van der Waals surface area contributed by atoms with Crippen molar-refractivity contribution in [2.45, 2.75) is 38.8 Å². The topological polar surface area (TPSA) is 52.0 Å². The Morgan fingerprint density at radius 3 is 2.58 bits per heavy atom. The van der Waals surface area contributed by atoms with E-state index in [1.165, 1.54) is 16.6 Å². The highest BCUT2D eigenvalue weighted by molar-refractivity contribution is 7.99. The van der Waals surface area contributed by atoms with Gasteiger partial charge in [-0.05, 0) is 43.5 Å². The Hall–Kier alpha value is -2.70. The van der Waals surface area contributed by atoms with Crippen LogP contribution in [-0.4, -0.2) is 21.1 Å². The van der Waals surface area contributed by atoms with Crippen LogP contribution in [0.5, 0.6) is 0 Å². The highest BCUT2D eigenvalue weighted by atomic mass is 32.2. The molecule has 0 atom stereocenters. The number of hydrogen-bond donors (Lipinski definition) is 0. The van der Waals surface area contributed by atoms with Gasteiger partial charge < -0.3 is 0 Å². The first kappa shape index (κ1) is 21.5. The number of hydrogen-bond acceptors (Lipinski definition) is 5. The van der Waals surface area contributed by atoms with Crippen LogP contribution in [0.3, 0.4) is 0 Å². The van der Waals surface area contributed by atoms with Crippen molar-refractivity contribution in [3.63, 3.8) is 0 Å². The molecule has 0 radical (unpaired) electrons. The zero-order valence-corrected chi connectivity index (χ0v) is 19.5. The number of Topliss-reactive ketones (excluding diaryl/α,β-unsaturated/α-hetero) is 1. The van der Waals surface area contributed by atoms with Crippen molar-refractivity contribution in [2.75, 3.05) is 5.75 Å². The van der Waals surface area contributed by atoms with E-state index in [1.54, 1.807) is 15.9 Å². The molecule has 0 fully saturated rings. The van der Waals surface area contributed by atoms with E-state index in [1.807, 2.05) is 68.4 Å². The number of nitrogens with zero attached hydrogens (tertiary/aromatic N) is 2. The number of thiophene rings is 1. The third-order valence-corrected chi connectivity index (χ3v) is 7.38. The number of fused-ring (bicyclic) bond motifs is 1. The zero-order valence-electron chi connectivity index (χ0n) is 17.8. The van der Waals surface area contributed by atoms with Crippen LogP contribution >= 0.6 is 23.1 Å². The molecular weight excluding hydrogens is 424 g/mol. The van der Waals surface area contributed by atoms with E-state index in [-0.39, 0.29) is 17.1 Å². The first-order chi connectivity index (χ1) is 15.0. The van der Waals surface area contributed by atoms with Crippen LogP contribution in [0.1, 0.15) is 39.7 Å². The lowest BCUT2D eigenvalue weighted by Gasteiger charge is -2.12. The van der Waals surface area contributed by atoms with Crippen LogP contribution < -0.4 is 5.56 Å². The molecule has 2 heterocycles. The molecular formula is C25H24N2O2S2. The van der Waals surface area contributed by atoms with Gasteiger partial charge in [0, 0.05) is 10.4 Å². The first-order valence-electron chi connectivity index (χ1n) is 10.3. The Bertz CT molecular complexity index is 1310. The second kappa shape index (κ2) is 9.20. The molecule has 0 N–H and O–H groups in total. The summed E-state index contributed by atoms with van der Waals surface area (Å²) in [4.78, 5) is 33.2. The number of aryl methyl sites for hydroxylation is 3. The zero-order chi connectivity index (χ0) is 22.0. The fraction of sp³-hybridized carbons (Fsp3) is 0.240. The van der Waals surface area contributed by atoms with Gasteiger partial charge in [-0.2, -0.15) is 0 Å². The molecule has 4 aromatic rings. The predicted octanol–water partition coefficient (Wildman–Crippen LogP) is 5.99. The van der Waals surface area contributed by atoms with Crippen LogP contribution in [0.2, 0.25) is 0 Å². The summed E-state index contributed by atoms with van der Waals surface area (Å²) in [6.45, 7) is 6.15. The molecule has 4 rings (SSSR count). The van der Waals surface area contributed by atoms with Gasteiger partial charge in [-0.3, -0.25) is 14.2 Å². The smallest absolute Gasteiger partial charge is 0.267 e. The van der Waals surface area contributed by atoms with Gasteiger partial charge in [-0.1, -0.05) is 67.6 Å². The molecule has 0 amide bonds. The third-order valence-electron chi connectivity index (χ3n) is 5.20. The first-order valence-corrected chi connectivity index (χ1v) is 12.1. The number of carbonyl (C=O) groups is 1. The summed E-state index contributed by atoms with van der Waals surface area (Å²) in [5, 5.41) is 1.24. The van der Waals surface area contributed by atoms with E-state index in [9.17, 15) is 9.59 Å². The molecule has 0 aliphatic rings. The number of carbonyl (C=O) groups excluding carboxylic acids is 1. The number of ketones is 1. The summed E-state index contributed by atoms with van der Waals surface area (Å²) in [5.41, 5.74) is 3.46. The summed E-state index contributed by atoms with van der Waals surface area (Å²) >= 11 is 2.91. The van der Waals surface area contributed by atoms with Crippen LogP contribution in [0.15, 0.2) is 64.5 Å². The lowest BCUT2D eigenvalue weighted by molar-refractivity contribution is 0.102. The summed E-state index contributed by atoms with van der Waals surface area (Å²) < 4.78 is 1.66. The Labute approximate surface area is 190 Å². The molecule has 31 heavy (non-hydrogen) atoms. The lowest BCUT2D eigenvalue weighted by atomic mass is 10.1. The van der Waals surface area contributed by atoms with Gasteiger partial charge in [-0.15, -0.1) is 11.3 Å². The predicted molar refractivity (Wildman–Crippen MR) is 130 cm³/mol. The molecule has 0 unspecified atom stereocenters. The van der Waals surface area contributed by atoms with Gasteiger partial charge in [0.05, 0.1) is 16.8 Å². The lowest BCUT2D eigenvalue weighted by Crippen LogP contribution is -2.22. The Kier molecular flexibility index (Phi) is 6.39. The molecule has 0 aliphatic carbocycles. The van der Waals surface area contributed by atoms with Crippen LogP contribution in [0.4, 0.5) is 0 Å². The SMILES string of the molecule is CCCc1sc2nc(SCC(=O)c3ccccc3)n(-c3cccc(C)c3)c(=O)c2c1C. The Morgan fingerprint density at radius 1 is 1.10 bits per heavy atom. The Morgan fingerprint density at radius 2 is 1.87 bits per heavy atom. The quantitative estimate of drug-likeness (QED) is 0.198. The Balaban J connectivity index is 1.83. The average Bonchev–Trinajstić information content (AvgIpc) is 3.08. The van der Waals surface area contributed by atoms with Crippen molar-refractivity contribution in [2.24, 2.45) is 0 Å². The van der Waals surface area contributed by atoms with Gasteiger partial charge in [0.1, 0.15) is 4.83 Å². The second-order valence-corrected chi connectivity index (χ2v) is 9.56. The molecule has 158 valence electrons. The van der Waals surface area contributed by atoms with Crippen LogP contribution in [-0.2, 0) is 6.42 Å². The van der Waals surface area contributed by atoms with E-state index < -0.39 is 0 Å². The van der Waals surface area contributed by atoms with Crippen molar-refractivity contribution < 1.29 is 4.79 Å². The fourth-order valence-electron chi connectivity index (χ4n) is 3.60. The minimum atomic E-state index is -0.0682. The van der Waals surface area contributed by atoms with E-state index in [0.29, 0.717) is 16.1 Å². The third kappa shape index (κ3) is 4.36. The summed E-state index contributed by atoms with van der Waals surface area (Å²) in [6, 6.07) is 17.1.